The van der Waals surface area contributed by atoms with Crippen molar-refractivity contribution in [1.82, 2.24) is 19.7 Å². The Morgan fingerprint density at radius 2 is 1.97 bits per heavy atom. The SMILES string of the molecule is Cn1cc(C(=Nc2cccc(CN3CCCC3)c2)c2c(O)[nH]c3ccc(C(=O)O)cc23)cn1. The Kier molecular flexibility index (Phi) is 5.43. The van der Waals surface area contributed by atoms with Crippen LogP contribution in [0.3, 0.4) is 0 Å². The second-order valence-corrected chi connectivity index (χ2v) is 8.43. The normalized spacial score (nSPS) is 14.9. The highest BCUT2D eigenvalue weighted by Gasteiger charge is 2.21. The molecule has 1 aliphatic heterocycles. The van der Waals surface area contributed by atoms with Crippen molar-refractivity contribution in [1.29, 1.82) is 0 Å². The number of aromatic amines is 1. The summed E-state index contributed by atoms with van der Waals surface area (Å²) in [6.07, 6.45) is 5.99. The number of aromatic nitrogens is 3. The molecule has 3 N–H and O–H groups in total. The molecule has 2 aromatic heterocycles. The number of carboxylic acids is 1. The van der Waals surface area contributed by atoms with Gasteiger partial charge in [0.15, 0.2) is 5.88 Å². The molecule has 0 bridgehead atoms. The van der Waals surface area contributed by atoms with Gasteiger partial charge in [0.2, 0.25) is 0 Å². The first-order valence-corrected chi connectivity index (χ1v) is 11.0. The van der Waals surface area contributed by atoms with E-state index in [9.17, 15) is 15.0 Å². The molecular weight excluding hydrogens is 418 g/mol. The van der Waals surface area contributed by atoms with Crippen molar-refractivity contribution < 1.29 is 15.0 Å². The van der Waals surface area contributed by atoms with Gasteiger partial charge in [0, 0.05) is 36.3 Å². The minimum atomic E-state index is -1.03. The van der Waals surface area contributed by atoms with Gasteiger partial charge in [0.1, 0.15) is 0 Å². The average Bonchev–Trinajstić information content (AvgIpc) is 3.52. The smallest absolute Gasteiger partial charge is 0.335 e. The van der Waals surface area contributed by atoms with Gasteiger partial charge in [0.05, 0.1) is 28.7 Å². The fourth-order valence-corrected chi connectivity index (χ4v) is 4.41. The van der Waals surface area contributed by atoms with Crippen LogP contribution >= 0.6 is 0 Å². The third-order valence-corrected chi connectivity index (χ3v) is 6.00. The Labute approximate surface area is 190 Å². The summed E-state index contributed by atoms with van der Waals surface area (Å²) in [6, 6.07) is 12.8. The van der Waals surface area contributed by atoms with Crippen LogP contribution in [0.1, 0.15) is 39.9 Å². The summed E-state index contributed by atoms with van der Waals surface area (Å²) in [4.78, 5) is 21.9. The lowest BCUT2D eigenvalue weighted by molar-refractivity contribution is 0.0697. The molecule has 1 fully saturated rings. The predicted molar refractivity (Wildman–Crippen MR) is 126 cm³/mol. The van der Waals surface area contributed by atoms with Crippen molar-refractivity contribution >= 4 is 28.3 Å². The molecule has 0 spiro atoms. The lowest BCUT2D eigenvalue weighted by atomic mass is 10.0. The molecule has 33 heavy (non-hydrogen) atoms. The van der Waals surface area contributed by atoms with Crippen LogP contribution in [0.15, 0.2) is 59.9 Å². The fourth-order valence-electron chi connectivity index (χ4n) is 4.41. The summed E-state index contributed by atoms with van der Waals surface area (Å²) in [5, 5.41) is 25.1. The molecule has 0 radical (unpaired) electrons. The van der Waals surface area contributed by atoms with Gasteiger partial charge in [0.25, 0.3) is 0 Å². The van der Waals surface area contributed by atoms with Crippen LogP contribution in [0, 0.1) is 0 Å². The number of carbonyl (C=O) groups is 1. The highest BCUT2D eigenvalue weighted by atomic mass is 16.4. The Morgan fingerprint density at radius 3 is 2.70 bits per heavy atom. The number of nitrogens with one attached hydrogen (secondary N) is 1. The number of aryl methyl sites for hydroxylation is 1. The van der Waals surface area contributed by atoms with Gasteiger partial charge in [-0.15, -0.1) is 0 Å². The molecule has 1 saturated heterocycles. The molecule has 0 aliphatic carbocycles. The van der Waals surface area contributed by atoms with Gasteiger partial charge in [-0.2, -0.15) is 5.10 Å². The van der Waals surface area contributed by atoms with Crippen molar-refractivity contribution in [3.63, 3.8) is 0 Å². The largest absolute Gasteiger partial charge is 0.494 e. The number of H-pyrrole nitrogens is 1. The molecule has 168 valence electrons. The van der Waals surface area contributed by atoms with E-state index in [-0.39, 0.29) is 11.4 Å². The molecule has 0 atom stereocenters. The monoisotopic (exact) mass is 443 g/mol. The number of carboxylic acid groups (broad SMARTS) is 1. The quantitative estimate of drug-likeness (QED) is 0.390. The van der Waals surface area contributed by atoms with Gasteiger partial charge in [-0.1, -0.05) is 12.1 Å². The number of hydrogen-bond acceptors (Lipinski definition) is 5. The first-order chi connectivity index (χ1) is 16.0. The fraction of sp³-hybridized carbons (Fsp3) is 0.240. The van der Waals surface area contributed by atoms with Gasteiger partial charge in [-0.25, -0.2) is 9.79 Å². The van der Waals surface area contributed by atoms with Crippen molar-refractivity contribution in [2.24, 2.45) is 12.0 Å². The van der Waals surface area contributed by atoms with Crippen LogP contribution in [0.2, 0.25) is 0 Å². The Balaban J connectivity index is 1.64. The first-order valence-electron chi connectivity index (χ1n) is 11.0. The molecular formula is C25H25N5O3. The lowest BCUT2D eigenvalue weighted by Gasteiger charge is -2.14. The van der Waals surface area contributed by atoms with E-state index in [1.807, 2.05) is 25.4 Å². The van der Waals surface area contributed by atoms with Crippen molar-refractivity contribution in [3.8, 4) is 5.88 Å². The Hall–Kier alpha value is -3.91. The zero-order valence-electron chi connectivity index (χ0n) is 18.3. The zero-order valence-corrected chi connectivity index (χ0v) is 18.3. The van der Waals surface area contributed by atoms with Gasteiger partial charge >= 0.3 is 5.97 Å². The summed E-state index contributed by atoms with van der Waals surface area (Å²) in [6.45, 7) is 3.11. The van der Waals surface area contributed by atoms with Crippen LogP contribution in [-0.2, 0) is 13.6 Å². The highest BCUT2D eigenvalue weighted by molar-refractivity contribution is 6.22. The summed E-state index contributed by atoms with van der Waals surface area (Å²) >= 11 is 0. The average molecular weight is 444 g/mol. The van der Waals surface area contributed by atoms with Crippen LogP contribution in [0.5, 0.6) is 5.88 Å². The van der Waals surface area contributed by atoms with E-state index in [1.54, 1.807) is 23.0 Å². The van der Waals surface area contributed by atoms with Gasteiger partial charge in [-0.3, -0.25) is 9.58 Å². The molecule has 5 rings (SSSR count). The number of aromatic carboxylic acids is 1. The molecule has 2 aromatic carbocycles. The van der Waals surface area contributed by atoms with Gasteiger partial charge < -0.3 is 15.2 Å². The number of rotatable bonds is 6. The van der Waals surface area contributed by atoms with Crippen molar-refractivity contribution in [2.75, 3.05) is 13.1 Å². The summed E-state index contributed by atoms with van der Waals surface area (Å²) in [5.41, 5.74) is 4.40. The van der Waals surface area contributed by atoms with Crippen LogP contribution in [0.25, 0.3) is 10.9 Å². The lowest BCUT2D eigenvalue weighted by Crippen LogP contribution is -2.18. The number of fused-ring (bicyclic) bond motifs is 1. The number of hydrogen-bond donors (Lipinski definition) is 3. The predicted octanol–water partition coefficient (Wildman–Crippen LogP) is 4.07. The number of aliphatic imine (C=N–C) groups is 1. The van der Waals surface area contributed by atoms with Crippen LogP contribution in [0.4, 0.5) is 5.69 Å². The third kappa shape index (κ3) is 4.25. The van der Waals surface area contributed by atoms with E-state index in [2.05, 4.69) is 27.1 Å². The Bertz CT molecular complexity index is 1360. The first kappa shape index (κ1) is 21.0. The molecule has 0 saturated carbocycles. The molecule has 0 unspecified atom stereocenters. The topological polar surface area (TPSA) is 107 Å². The van der Waals surface area contributed by atoms with E-state index in [4.69, 9.17) is 4.99 Å². The van der Waals surface area contributed by atoms with E-state index in [0.29, 0.717) is 22.2 Å². The van der Waals surface area contributed by atoms with Crippen molar-refractivity contribution in [3.05, 3.63) is 77.1 Å². The maximum Gasteiger partial charge on any atom is 0.335 e. The summed E-state index contributed by atoms with van der Waals surface area (Å²) in [5.74, 6) is -1.10. The standard InChI is InChI=1S/C25H25N5O3/c1-29-15-18(13-26-29)23(22-20-12-17(25(32)33)7-8-21(20)28-24(22)31)27-19-6-4-5-16(11-19)14-30-9-2-3-10-30/h4-8,11-13,15,28,31H,2-3,9-10,14H2,1H3,(H,32,33). The minimum absolute atomic E-state index is 0.0663. The molecule has 1 aliphatic rings. The number of nitrogens with zero attached hydrogens (tertiary/aromatic N) is 4. The highest BCUT2D eigenvalue weighted by Crippen LogP contribution is 2.32. The molecule has 8 heteroatoms. The van der Waals surface area contributed by atoms with Crippen LogP contribution < -0.4 is 0 Å². The molecule has 3 heterocycles. The minimum Gasteiger partial charge on any atom is -0.494 e. The maximum atomic E-state index is 11.6. The maximum absolute atomic E-state index is 11.6. The number of likely N-dealkylation sites (tertiary alicyclic amines) is 1. The zero-order chi connectivity index (χ0) is 22.9. The van der Waals surface area contributed by atoms with E-state index in [0.717, 1.165) is 30.9 Å². The van der Waals surface area contributed by atoms with E-state index >= 15 is 0 Å². The number of benzene rings is 2. The molecule has 4 aromatic rings. The Morgan fingerprint density at radius 1 is 1.15 bits per heavy atom. The molecule has 0 amide bonds. The second-order valence-electron chi connectivity index (χ2n) is 8.43. The van der Waals surface area contributed by atoms with Gasteiger partial charge in [-0.05, 0) is 61.8 Å². The molecule has 8 nitrogen and oxygen atoms in total. The third-order valence-electron chi connectivity index (χ3n) is 6.00. The van der Waals surface area contributed by atoms with Crippen molar-refractivity contribution in [2.45, 2.75) is 19.4 Å². The number of aromatic hydroxyl groups is 1. The van der Waals surface area contributed by atoms with E-state index < -0.39 is 5.97 Å². The summed E-state index contributed by atoms with van der Waals surface area (Å²) in [7, 11) is 1.81. The van der Waals surface area contributed by atoms with Crippen LogP contribution in [-0.4, -0.2) is 54.6 Å². The van der Waals surface area contributed by atoms with E-state index in [1.165, 1.54) is 24.5 Å². The summed E-state index contributed by atoms with van der Waals surface area (Å²) < 4.78 is 1.67. The second kappa shape index (κ2) is 8.55.